The summed E-state index contributed by atoms with van der Waals surface area (Å²) in [6.07, 6.45) is 5.91. The third kappa shape index (κ3) is 3.02. The number of thiophene rings is 1. The van der Waals surface area contributed by atoms with Gasteiger partial charge in [0.05, 0.1) is 10.9 Å². The van der Waals surface area contributed by atoms with Crippen LogP contribution in [0.2, 0.25) is 4.34 Å². The van der Waals surface area contributed by atoms with E-state index in [4.69, 9.17) is 11.6 Å². The van der Waals surface area contributed by atoms with Crippen molar-refractivity contribution in [1.29, 1.82) is 0 Å². The van der Waals surface area contributed by atoms with E-state index in [0.717, 1.165) is 23.8 Å². The average molecular weight is 297 g/mol. The molecule has 102 valence electrons. The average Bonchev–Trinajstić information content (AvgIpc) is 2.70. The maximum atomic E-state index is 12.1. The van der Waals surface area contributed by atoms with Crippen LogP contribution in [0, 0.1) is 0 Å². The first-order chi connectivity index (χ1) is 9.22. The number of likely N-dealkylation sites (tertiary alicyclic amines) is 1. The second-order valence-corrected chi connectivity index (χ2v) is 6.83. The van der Waals surface area contributed by atoms with Gasteiger partial charge in [-0.3, -0.25) is 9.69 Å². The molecule has 1 amide bonds. The Morgan fingerprint density at radius 3 is 3.00 bits per heavy atom. The molecule has 3 heterocycles. The van der Waals surface area contributed by atoms with Crippen LogP contribution in [0.25, 0.3) is 0 Å². The van der Waals surface area contributed by atoms with E-state index in [-0.39, 0.29) is 5.91 Å². The number of hydrogen-bond acceptors (Lipinski definition) is 3. The van der Waals surface area contributed by atoms with E-state index in [9.17, 15) is 4.79 Å². The van der Waals surface area contributed by atoms with Crippen molar-refractivity contribution < 1.29 is 4.79 Å². The van der Waals surface area contributed by atoms with Crippen molar-refractivity contribution >= 4 is 28.8 Å². The van der Waals surface area contributed by atoms with Crippen LogP contribution in [-0.4, -0.2) is 41.9 Å². The number of carbonyl (C=O) groups is 1. The largest absolute Gasteiger partial charge is 0.334 e. The molecule has 0 spiro atoms. The molecule has 0 atom stereocenters. The highest BCUT2D eigenvalue weighted by molar-refractivity contribution is 7.16. The maximum absolute atomic E-state index is 12.1. The summed E-state index contributed by atoms with van der Waals surface area (Å²) in [5, 5.41) is 0. The number of nitrogens with zero attached hydrogens (tertiary/aromatic N) is 2. The fourth-order valence-electron chi connectivity index (χ4n) is 2.44. The molecule has 3 nitrogen and oxygen atoms in total. The molecule has 1 saturated heterocycles. The molecule has 2 aliphatic rings. The molecule has 0 saturated carbocycles. The molecular formula is C14H17ClN2OS. The van der Waals surface area contributed by atoms with Crippen molar-refractivity contribution in [2.75, 3.05) is 26.2 Å². The standard InChI is InChI=1S/C14H17ClN2OS/c15-13-9-11-4-8-17(10-12(11)19-13)14(18)3-1-5-16-6-2-7-16/h1,3,9H,2,4-8,10H2/b3-1+. The van der Waals surface area contributed by atoms with Gasteiger partial charge in [-0.15, -0.1) is 11.3 Å². The van der Waals surface area contributed by atoms with E-state index in [0.29, 0.717) is 6.54 Å². The summed E-state index contributed by atoms with van der Waals surface area (Å²) in [5.41, 5.74) is 1.31. The Morgan fingerprint density at radius 1 is 1.42 bits per heavy atom. The van der Waals surface area contributed by atoms with E-state index in [1.54, 1.807) is 17.4 Å². The molecule has 19 heavy (non-hydrogen) atoms. The minimum absolute atomic E-state index is 0.121. The van der Waals surface area contributed by atoms with Crippen LogP contribution in [0.4, 0.5) is 0 Å². The van der Waals surface area contributed by atoms with E-state index in [2.05, 4.69) is 4.90 Å². The van der Waals surface area contributed by atoms with Crippen LogP contribution in [0.15, 0.2) is 18.2 Å². The minimum Gasteiger partial charge on any atom is -0.334 e. The number of halogens is 1. The second kappa shape index (κ2) is 5.65. The highest BCUT2D eigenvalue weighted by Gasteiger charge is 2.21. The Kier molecular flexibility index (Phi) is 3.91. The Hall–Kier alpha value is -0.840. The summed E-state index contributed by atoms with van der Waals surface area (Å²) in [6, 6.07) is 2.03. The van der Waals surface area contributed by atoms with Crippen molar-refractivity contribution in [3.8, 4) is 0 Å². The summed E-state index contributed by atoms with van der Waals surface area (Å²) < 4.78 is 0.827. The predicted octanol–water partition coefficient (Wildman–Crippen LogP) is 2.55. The Bertz CT molecular complexity index is 508. The summed E-state index contributed by atoms with van der Waals surface area (Å²) in [4.78, 5) is 17.6. The molecule has 0 aliphatic carbocycles. The van der Waals surface area contributed by atoms with Crippen molar-refractivity contribution in [2.45, 2.75) is 19.4 Å². The zero-order valence-corrected chi connectivity index (χ0v) is 12.3. The number of amides is 1. The molecule has 0 aromatic carbocycles. The topological polar surface area (TPSA) is 23.6 Å². The second-order valence-electron chi connectivity index (χ2n) is 5.07. The Morgan fingerprint density at radius 2 is 2.26 bits per heavy atom. The van der Waals surface area contributed by atoms with E-state index < -0.39 is 0 Å². The van der Waals surface area contributed by atoms with Gasteiger partial charge in [0, 0.05) is 24.0 Å². The van der Waals surface area contributed by atoms with Crippen LogP contribution in [-0.2, 0) is 17.8 Å². The molecule has 3 rings (SSSR count). The first-order valence-corrected chi connectivity index (χ1v) is 7.87. The molecule has 0 N–H and O–H groups in total. The fourth-order valence-corrected chi connectivity index (χ4v) is 3.80. The summed E-state index contributed by atoms with van der Waals surface area (Å²) in [6.45, 7) is 4.74. The monoisotopic (exact) mass is 296 g/mol. The van der Waals surface area contributed by atoms with Crippen LogP contribution in [0.3, 0.4) is 0 Å². The Balaban J connectivity index is 1.56. The van der Waals surface area contributed by atoms with Crippen LogP contribution >= 0.6 is 22.9 Å². The highest BCUT2D eigenvalue weighted by atomic mass is 35.5. The normalized spacial score (nSPS) is 19.5. The van der Waals surface area contributed by atoms with Gasteiger partial charge in [0.15, 0.2) is 0 Å². The lowest BCUT2D eigenvalue weighted by Gasteiger charge is -2.29. The van der Waals surface area contributed by atoms with Gasteiger partial charge in [-0.2, -0.15) is 0 Å². The van der Waals surface area contributed by atoms with Crippen LogP contribution in [0.5, 0.6) is 0 Å². The summed E-state index contributed by atoms with van der Waals surface area (Å²) in [7, 11) is 0. The molecule has 1 aromatic rings. The number of hydrogen-bond donors (Lipinski definition) is 0. The van der Waals surface area contributed by atoms with E-state index in [1.165, 1.54) is 30.0 Å². The zero-order valence-electron chi connectivity index (χ0n) is 10.8. The van der Waals surface area contributed by atoms with Gasteiger partial charge >= 0.3 is 0 Å². The minimum atomic E-state index is 0.121. The smallest absolute Gasteiger partial charge is 0.246 e. The number of carbonyl (C=O) groups excluding carboxylic acids is 1. The van der Waals surface area contributed by atoms with Crippen molar-refractivity contribution in [3.63, 3.8) is 0 Å². The molecule has 1 aromatic heterocycles. The third-order valence-corrected chi connectivity index (χ3v) is 5.03. The first kappa shape index (κ1) is 13.2. The highest BCUT2D eigenvalue weighted by Crippen LogP contribution is 2.31. The zero-order chi connectivity index (χ0) is 13.2. The van der Waals surface area contributed by atoms with E-state index in [1.807, 2.05) is 17.0 Å². The summed E-state index contributed by atoms with van der Waals surface area (Å²) >= 11 is 7.61. The van der Waals surface area contributed by atoms with Gasteiger partial charge < -0.3 is 4.90 Å². The molecule has 0 bridgehead atoms. The number of rotatable bonds is 3. The third-order valence-electron chi connectivity index (χ3n) is 3.74. The van der Waals surface area contributed by atoms with E-state index >= 15 is 0 Å². The molecule has 2 aliphatic heterocycles. The Labute approximate surface area is 122 Å². The van der Waals surface area contributed by atoms with Crippen LogP contribution in [0.1, 0.15) is 16.9 Å². The van der Waals surface area contributed by atoms with Gasteiger partial charge in [-0.25, -0.2) is 0 Å². The van der Waals surface area contributed by atoms with Gasteiger partial charge in [0.2, 0.25) is 5.91 Å². The number of fused-ring (bicyclic) bond motifs is 1. The maximum Gasteiger partial charge on any atom is 0.246 e. The van der Waals surface area contributed by atoms with Crippen molar-refractivity contribution in [3.05, 3.63) is 33.0 Å². The molecule has 0 unspecified atom stereocenters. The lowest BCUT2D eigenvalue weighted by molar-refractivity contribution is -0.126. The SMILES string of the molecule is O=C(/C=C/CN1CCC1)N1CCc2cc(Cl)sc2C1. The van der Waals surface area contributed by atoms with Gasteiger partial charge in [-0.05, 0) is 37.6 Å². The molecule has 5 heteroatoms. The van der Waals surface area contributed by atoms with Crippen molar-refractivity contribution in [2.24, 2.45) is 0 Å². The van der Waals surface area contributed by atoms with Gasteiger partial charge in [-0.1, -0.05) is 17.7 Å². The quantitative estimate of drug-likeness (QED) is 0.800. The first-order valence-electron chi connectivity index (χ1n) is 6.67. The molecule has 0 radical (unpaired) electrons. The predicted molar refractivity (Wildman–Crippen MR) is 78.6 cm³/mol. The fraction of sp³-hybridized carbons (Fsp3) is 0.500. The summed E-state index contributed by atoms with van der Waals surface area (Å²) in [5.74, 6) is 0.121. The van der Waals surface area contributed by atoms with Crippen LogP contribution < -0.4 is 0 Å². The molecule has 1 fully saturated rings. The lowest BCUT2D eigenvalue weighted by atomic mass is 10.1. The molecular weight excluding hydrogens is 280 g/mol. The van der Waals surface area contributed by atoms with Crippen molar-refractivity contribution in [1.82, 2.24) is 9.80 Å². The van der Waals surface area contributed by atoms with Gasteiger partial charge in [0.25, 0.3) is 0 Å². The lowest BCUT2D eigenvalue weighted by Crippen LogP contribution is -2.37. The van der Waals surface area contributed by atoms with Gasteiger partial charge in [0.1, 0.15) is 0 Å².